The summed E-state index contributed by atoms with van der Waals surface area (Å²) in [6, 6.07) is 0. The number of rotatable bonds is 59. The molecule has 1 unspecified atom stereocenters. The normalized spacial score (nSPS) is 13.0. The van der Waals surface area contributed by atoms with E-state index in [1.165, 1.54) is 103 Å². The molecule has 0 heterocycles. The Kier molecular flexibility index (Phi) is 63.3. The quantitative estimate of drug-likeness (QED) is 0.0261. The summed E-state index contributed by atoms with van der Waals surface area (Å²) in [5.41, 5.74) is 0. The zero-order valence-corrected chi connectivity index (χ0v) is 52.0. The van der Waals surface area contributed by atoms with Gasteiger partial charge in [0.15, 0.2) is 6.10 Å². The zero-order valence-electron chi connectivity index (χ0n) is 52.0. The van der Waals surface area contributed by atoms with Gasteiger partial charge in [0, 0.05) is 19.3 Å². The molecule has 0 aromatic heterocycles. The van der Waals surface area contributed by atoms with Gasteiger partial charge in [-0.15, -0.1) is 0 Å². The third kappa shape index (κ3) is 64.4. The topological polar surface area (TPSA) is 78.9 Å². The molecule has 0 N–H and O–H groups in total. The first-order chi connectivity index (χ1) is 39.5. The highest BCUT2D eigenvalue weighted by Crippen LogP contribution is 2.16. The Morgan fingerprint density at radius 1 is 0.263 bits per heavy atom. The molecule has 0 amide bonds. The lowest BCUT2D eigenvalue weighted by Gasteiger charge is -2.18. The molecule has 0 rings (SSSR count). The number of unbranched alkanes of at least 4 members (excludes halogenated alkanes) is 26. The van der Waals surface area contributed by atoms with Crippen LogP contribution in [0.5, 0.6) is 0 Å². The minimum atomic E-state index is -0.790. The van der Waals surface area contributed by atoms with Gasteiger partial charge in [-0.25, -0.2) is 0 Å². The first kappa shape index (κ1) is 75.5. The van der Waals surface area contributed by atoms with E-state index in [0.29, 0.717) is 19.3 Å². The Morgan fingerprint density at radius 2 is 0.512 bits per heavy atom. The molecule has 0 aromatic carbocycles. The van der Waals surface area contributed by atoms with Crippen LogP contribution >= 0.6 is 0 Å². The average Bonchev–Trinajstić information content (AvgIpc) is 3.46. The standard InChI is InChI=1S/C74H122O6/c1-4-7-10-13-16-19-22-25-27-28-29-30-31-32-33-34-35-36-37-38-39-40-41-42-43-44-45-46-47-50-52-55-58-61-64-67-73(76)79-70-71(69-78-72(75)66-63-60-57-54-51-48-24-21-18-15-12-9-6-3)80-74(77)68-65-62-59-56-53-49-26-23-20-17-14-11-8-5-2/h7,10,12,15-16,19,21,24-25,27,29-30,32-33,35-36,38-39,41-42,44-45,71H,4-6,8-9,11,13-14,17-18,20,22-23,26,28,31,34,37,40,43,46-70H2,1-3H3/b10-7-,15-12-,19-16-,24-21-,27-25-,30-29-,33-32-,36-35-,39-38-,42-41-,45-44-. The van der Waals surface area contributed by atoms with E-state index < -0.39 is 6.10 Å². The van der Waals surface area contributed by atoms with Crippen LogP contribution in [-0.2, 0) is 28.6 Å². The zero-order chi connectivity index (χ0) is 57.8. The maximum Gasteiger partial charge on any atom is 0.306 e. The van der Waals surface area contributed by atoms with E-state index in [4.69, 9.17) is 14.2 Å². The second-order valence-electron chi connectivity index (χ2n) is 21.6. The fourth-order valence-electron chi connectivity index (χ4n) is 8.94. The minimum absolute atomic E-state index is 0.0888. The van der Waals surface area contributed by atoms with E-state index >= 15 is 0 Å². The number of esters is 3. The molecule has 1 atom stereocenters. The number of carbonyl (C=O) groups excluding carboxylic acids is 3. The van der Waals surface area contributed by atoms with Crippen LogP contribution in [0.3, 0.4) is 0 Å². The van der Waals surface area contributed by atoms with Crippen LogP contribution in [-0.4, -0.2) is 37.2 Å². The van der Waals surface area contributed by atoms with Crippen molar-refractivity contribution < 1.29 is 28.6 Å². The van der Waals surface area contributed by atoms with Crippen LogP contribution < -0.4 is 0 Å². The highest BCUT2D eigenvalue weighted by molar-refractivity contribution is 5.71. The highest BCUT2D eigenvalue weighted by Gasteiger charge is 2.19. The number of hydrogen-bond acceptors (Lipinski definition) is 6. The predicted molar refractivity (Wildman–Crippen MR) is 348 cm³/mol. The first-order valence-corrected chi connectivity index (χ1v) is 33.2. The lowest BCUT2D eigenvalue weighted by atomic mass is 10.0. The van der Waals surface area contributed by atoms with Crippen LogP contribution in [0.4, 0.5) is 0 Å². The summed E-state index contributed by atoms with van der Waals surface area (Å²) in [5.74, 6) is -0.908. The van der Waals surface area contributed by atoms with E-state index in [-0.39, 0.29) is 31.1 Å². The Hall–Kier alpha value is -4.45. The molecular weight excluding hydrogens is 985 g/mol. The van der Waals surface area contributed by atoms with Gasteiger partial charge < -0.3 is 14.2 Å². The summed E-state index contributed by atoms with van der Waals surface area (Å²) in [4.78, 5) is 38.3. The molecule has 80 heavy (non-hydrogen) atoms. The van der Waals surface area contributed by atoms with Crippen LogP contribution in [0.25, 0.3) is 0 Å². The van der Waals surface area contributed by atoms with Gasteiger partial charge in [0.1, 0.15) is 13.2 Å². The average molecular weight is 1110 g/mol. The molecule has 0 radical (unpaired) electrons. The van der Waals surface area contributed by atoms with Crippen LogP contribution in [0.15, 0.2) is 134 Å². The summed E-state index contributed by atoms with van der Waals surface area (Å²) in [7, 11) is 0. The van der Waals surface area contributed by atoms with Gasteiger partial charge in [0.25, 0.3) is 0 Å². The van der Waals surface area contributed by atoms with Gasteiger partial charge >= 0.3 is 17.9 Å². The molecule has 0 aliphatic carbocycles. The van der Waals surface area contributed by atoms with E-state index in [0.717, 1.165) is 154 Å². The SMILES string of the molecule is CC/C=C\C/C=C\C/C=C\C/C=C\C/C=C\C/C=C\C/C=C\C/C=C\C/C=C\CCCCCCCCCC(=O)OCC(COC(=O)CCCCCCC/C=C\C/C=C\CCC)OC(=O)CCCCCCCCCCCCCCCC. The molecule has 0 aliphatic rings. The van der Waals surface area contributed by atoms with Gasteiger partial charge in [-0.2, -0.15) is 0 Å². The van der Waals surface area contributed by atoms with Crippen molar-refractivity contribution >= 4 is 17.9 Å². The number of ether oxygens (including phenoxy) is 3. The smallest absolute Gasteiger partial charge is 0.306 e. The van der Waals surface area contributed by atoms with Crippen molar-refractivity contribution in [1.29, 1.82) is 0 Å². The summed E-state index contributed by atoms with van der Waals surface area (Å²) in [6.45, 7) is 6.45. The number of hydrogen-bond donors (Lipinski definition) is 0. The van der Waals surface area contributed by atoms with Crippen molar-refractivity contribution in [2.45, 2.75) is 303 Å². The molecule has 0 aromatic rings. The van der Waals surface area contributed by atoms with Gasteiger partial charge in [0.2, 0.25) is 0 Å². The largest absolute Gasteiger partial charge is 0.462 e. The van der Waals surface area contributed by atoms with E-state index in [1.807, 2.05) is 0 Å². The van der Waals surface area contributed by atoms with Gasteiger partial charge in [-0.05, 0) is 116 Å². The van der Waals surface area contributed by atoms with Crippen molar-refractivity contribution in [3.8, 4) is 0 Å². The Labute approximate surface area is 494 Å². The van der Waals surface area contributed by atoms with Gasteiger partial charge in [-0.1, -0.05) is 296 Å². The van der Waals surface area contributed by atoms with Gasteiger partial charge in [0.05, 0.1) is 0 Å². The van der Waals surface area contributed by atoms with Crippen LogP contribution in [0.1, 0.15) is 297 Å². The minimum Gasteiger partial charge on any atom is -0.462 e. The molecule has 0 aliphatic heterocycles. The molecule has 0 saturated carbocycles. The number of allylic oxidation sites excluding steroid dienone is 22. The molecule has 0 fully saturated rings. The molecule has 0 spiro atoms. The monoisotopic (exact) mass is 1110 g/mol. The third-order valence-electron chi connectivity index (χ3n) is 13.9. The molecule has 0 saturated heterocycles. The lowest BCUT2D eigenvalue weighted by Crippen LogP contribution is -2.30. The summed E-state index contributed by atoms with van der Waals surface area (Å²) in [6.07, 6.45) is 94.6. The molecular formula is C74H122O6. The Morgan fingerprint density at radius 3 is 0.812 bits per heavy atom. The van der Waals surface area contributed by atoms with Crippen molar-refractivity contribution in [3.63, 3.8) is 0 Å². The Bertz CT molecular complexity index is 1700. The fraction of sp³-hybridized carbons (Fsp3) is 0.662. The van der Waals surface area contributed by atoms with E-state index in [9.17, 15) is 14.4 Å². The first-order valence-electron chi connectivity index (χ1n) is 33.2. The van der Waals surface area contributed by atoms with Crippen molar-refractivity contribution in [2.75, 3.05) is 13.2 Å². The lowest BCUT2D eigenvalue weighted by molar-refractivity contribution is -0.167. The van der Waals surface area contributed by atoms with E-state index in [1.54, 1.807) is 0 Å². The van der Waals surface area contributed by atoms with Crippen LogP contribution in [0.2, 0.25) is 0 Å². The van der Waals surface area contributed by atoms with Crippen molar-refractivity contribution in [2.24, 2.45) is 0 Å². The van der Waals surface area contributed by atoms with Crippen molar-refractivity contribution in [3.05, 3.63) is 134 Å². The Balaban J connectivity index is 4.25. The van der Waals surface area contributed by atoms with Crippen molar-refractivity contribution in [1.82, 2.24) is 0 Å². The molecule has 6 heteroatoms. The second-order valence-corrected chi connectivity index (χ2v) is 21.6. The third-order valence-corrected chi connectivity index (χ3v) is 13.9. The summed E-state index contributed by atoms with van der Waals surface area (Å²) < 4.78 is 16.9. The highest BCUT2D eigenvalue weighted by atomic mass is 16.6. The summed E-state index contributed by atoms with van der Waals surface area (Å²) in [5, 5.41) is 0. The molecule has 454 valence electrons. The van der Waals surface area contributed by atoms with Gasteiger partial charge in [-0.3, -0.25) is 14.4 Å². The molecule has 0 bridgehead atoms. The second kappa shape index (κ2) is 67.1. The molecule has 6 nitrogen and oxygen atoms in total. The van der Waals surface area contributed by atoms with E-state index in [2.05, 4.69) is 154 Å². The van der Waals surface area contributed by atoms with Crippen LogP contribution in [0, 0.1) is 0 Å². The fourth-order valence-corrected chi connectivity index (χ4v) is 8.94. The summed E-state index contributed by atoms with van der Waals surface area (Å²) >= 11 is 0. The predicted octanol–water partition coefficient (Wildman–Crippen LogP) is 22.9. The maximum absolute atomic E-state index is 12.9. The maximum atomic E-state index is 12.9. The number of carbonyl (C=O) groups is 3.